The minimum absolute atomic E-state index is 0. The van der Waals surface area contributed by atoms with Crippen molar-refractivity contribution in [2.45, 2.75) is 57.1 Å². The third-order valence-corrected chi connectivity index (χ3v) is 4.03. The Morgan fingerprint density at radius 3 is 2.56 bits per heavy atom. The largest absolute Gasteiger partial charge is 0.393 e. The second kappa shape index (κ2) is 7.97. The third kappa shape index (κ3) is 4.41. The number of piperidine rings is 1. The number of halogens is 1. The first-order chi connectivity index (χ1) is 8.27. The van der Waals surface area contributed by atoms with Gasteiger partial charge in [0.1, 0.15) is 0 Å². The smallest absolute Gasteiger partial charge is 0.237 e. The van der Waals surface area contributed by atoms with E-state index in [9.17, 15) is 9.90 Å². The number of aliphatic hydroxyl groups is 1. The number of hydrogen-bond acceptors (Lipinski definition) is 3. The van der Waals surface area contributed by atoms with Crippen LogP contribution in [0.4, 0.5) is 0 Å². The van der Waals surface area contributed by atoms with Crippen LogP contribution in [0.25, 0.3) is 0 Å². The lowest BCUT2D eigenvalue weighted by molar-refractivity contribution is -0.124. The molecule has 3 N–H and O–H groups in total. The summed E-state index contributed by atoms with van der Waals surface area (Å²) < 4.78 is 0. The summed E-state index contributed by atoms with van der Waals surface area (Å²) in [7, 11) is 0. The molecule has 1 aliphatic heterocycles. The SMILES string of the molecule is Cl.O=C(NCC1CCCCC1O)C1CCCCN1. The Balaban J connectivity index is 0.00000162. The van der Waals surface area contributed by atoms with Gasteiger partial charge in [0.05, 0.1) is 12.1 Å². The number of amides is 1. The van der Waals surface area contributed by atoms with Crippen molar-refractivity contribution in [3.63, 3.8) is 0 Å². The first kappa shape index (κ1) is 15.7. The molecular weight excluding hydrogens is 252 g/mol. The number of aliphatic hydroxyl groups excluding tert-OH is 1. The maximum Gasteiger partial charge on any atom is 0.237 e. The summed E-state index contributed by atoms with van der Waals surface area (Å²) in [6.07, 6.45) is 7.27. The molecule has 0 bridgehead atoms. The van der Waals surface area contributed by atoms with Crippen molar-refractivity contribution in [3.8, 4) is 0 Å². The number of carbonyl (C=O) groups is 1. The van der Waals surface area contributed by atoms with Gasteiger partial charge in [0.15, 0.2) is 0 Å². The molecule has 5 heteroatoms. The topological polar surface area (TPSA) is 61.4 Å². The lowest BCUT2D eigenvalue weighted by atomic mass is 9.86. The maximum absolute atomic E-state index is 11.9. The Labute approximate surface area is 115 Å². The van der Waals surface area contributed by atoms with Gasteiger partial charge in [-0.1, -0.05) is 19.3 Å². The van der Waals surface area contributed by atoms with Crippen LogP contribution in [0.2, 0.25) is 0 Å². The average molecular weight is 277 g/mol. The van der Waals surface area contributed by atoms with Gasteiger partial charge in [-0.2, -0.15) is 0 Å². The van der Waals surface area contributed by atoms with E-state index in [0.29, 0.717) is 6.54 Å². The molecule has 0 aromatic carbocycles. The van der Waals surface area contributed by atoms with Crippen LogP contribution in [0, 0.1) is 5.92 Å². The first-order valence-electron chi connectivity index (χ1n) is 6.96. The third-order valence-electron chi connectivity index (χ3n) is 4.03. The van der Waals surface area contributed by atoms with Crippen molar-refractivity contribution in [1.29, 1.82) is 0 Å². The van der Waals surface area contributed by atoms with E-state index in [1.807, 2.05) is 0 Å². The molecule has 3 unspecified atom stereocenters. The molecular formula is C13H25ClN2O2. The van der Waals surface area contributed by atoms with E-state index in [-0.39, 0.29) is 36.4 Å². The van der Waals surface area contributed by atoms with Crippen LogP contribution in [0.15, 0.2) is 0 Å². The molecule has 3 atom stereocenters. The monoisotopic (exact) mass is 276 g/mol. The van der Waals surface area contributed by atoms with E-state index in [1.54, 1.807) is 0 Å². The number of carbonyl (C=O) groups excluding carboxylic acids is 1. The lowest BCUT2D eigenvalue weighted by Gasteiger charge is -2.29. The van der Waals surface area contributed by atoms with Crippen LogP contribution < -0.4 is 10.6 Å². The van der Waals surface area contributed by atoms with Crippen LogP contribution >= 0.6 is 12.4 Å². The molecule has 106 valence electrons. The van der Waals surface area contributed by atoms with Crippen molar-refractivity contribution < 1.29 is 9.90 Å². The lowest BCUT2D eigenvalue weighted by Crippen LogP contribution is -2.48. The Kier molecular flexibility index (Phi) is 6.97. The molecule has 0 spiro atoms. The molecule has 1 amide bonds. The van der Waals surface area contributed by atoms with Crippen LogP contribution in [-0.4, -0.2) is 36.2 Å². The zero-order valence-corrected chi connectivity index (χ0v) is 11.7. The van der Waals surface area contributed by atoms with Crippen LogP contribution in [-0.2, 0) is 4.79 Å². The van der Waals surface area contributed by atoms with Crippen molar-refractivity contribution in [3.05, 3.63) is 0 Å². The number of rotatable bonds is 3. The van der Waals surface area contributed by atoms with Gasteiger partial charge in [0.25, 0.3) is 0 Å². The summed E-state index contributed by atoms with van der Waals surface area (Å²) in [5.41, 5.74) is 0. The highest BCUT2D eigenvalue weighted by Crippen LogP contribution is 2.23. The van der Waals surface area contributed by atoms with E-state index >= 15 is 0 Å². The van der Waals surface area contributed by atoms with Crippen molar-refractivity contribution in [2.24, 2.45) is 5.92 Å². The predicted molar refractivity (Wildman–Crippen MR) is 73.9 cm³/mol. The molecule has 0 aromatic heterocycles. The molecule has 1 aliphatic carbocycles. The van der Waals surface area contributed by atoms with Crippen LogP contribution in [0.5, 0.6) is 0 Å². The standard InChI is InChI=1S/C13H24N2O2.ClH/c16-12-7-2-1-5-10(12)9-15-13(17)11-6-3-4-8-14-11;/h10-12,14,16H,1-9H2,(H,15,17);1H. The molecule has 1 saturated carbocycles. The molecule has 0 radical (unpaired) electrons. The van der Waals surface area contributed by atoms with E-state index in [1.165, 1.54) is 12.8 Å². The molecule has 2 rings (SSSR count). The molecule has 2 fully saturated rings. The average Bonchev–Trinajstić information content (AvgIpc) is 2.38. The van der Waals surface area contributed by atoms with Gasteiger partial charge in [-0.3, -0.25) is 4.79 Å². The Morgan fingerprint density at radius 2 is 1.89 bits per heavy atom. The molecule has 2 aliphatic rings. The zero-order chi connectivity index (χ0) is 12.1. The zero-order valence-electron chi connectivity index (χ0n) is 10.9. The second-order valence-corrected chi connectivity index (χ2v) is 5.36. The van der Waals surface area contributed by atoms with Crippen LogP contribution in [0.1, 0.15) is 44.9 Å². The highest BCUT2D eigenvalue weighted by Gasteiger charge is 2.25. The normalized spacial score (nSPS) is 32.4. The van der Waals surface area contributed by atoms with Gasteiger partial charge < -0.3 is 15.7 Å². The minimum atomic E-state index is -0.219. The van der Waals surface area contributed by atoms with Crippen molar-refractivity contribution in [2.75, 3.05) is 13.1 Å². The number of hydrogen-bond donors (Lipinski definition) is 3. The highest BCUT2D eigenvalue weighted by atomic mass is 35.5. The Hall–Kier alpha value is -0.320. The molecule has 1 heterocycles. The fourth-order valence-electron chi connectivity index (χ4n) is 2.86. The molecule has 1 saturated heterocycles. The Bertz CT molecular complexity index is 257. The van der Waals surface area contributed by atoms with Crippen molar-refractivity contribution >= 4 is 18.3 Å². The van der Waals surface area contributed by atoms with E-state index in [0.717, 1.165) is 38.6 Å². The fraction of sp³-hybridized carbons (Fsp3) is 0.923. The van der Waals surface area contributed by atoms with Gasteiger partial charge in [-0.05, 0) is 32.2 Å². The molecule has 18 heavy (non-hydrogen) atoms. The first-order valence-corrected chi connectivity index (χ1v) is 6.96. The van der Waals surface area contributed by atoms with Gasteiger partial charge in [0, 0.05) is 12.5 Å². The Morgan fingerprint density at radius 1 is 1.17 bits per heavy atom. The summed E-state index contributed by atoms with van der Waals surface area (Å²) in [5, 5.41) is 16.1. The molecule has 0 aromatic rings. The summed E-state index contributed by atoms with van der Waals surface area (Å²) in [6, 6.07) is -0.00974. The van der Waals surface area contributed by atoms with Crippen molar-refractivity contribution in [1.82, 2.24) is 10.6 Å². The van der Waals surface area contributed by atoms with Crippen LogP contribution in [0.3, 0.4) is 0 Å². The van der Waals surface area contributed by atoms with Gasteiger partial charge in [-0.25, -0.2) is 0 Å². The number of nitrogens with one attached hydrogen (secondary N) is 2. The quantitative estimate of drug-likeness (QED) is 0.726. The summed E-state index contributed by atoms with van der Waals surface area (Å²) in [5.74, 6) is 0.374. The summed E-state index contributed by atoms with van der Waals surface area (Å²) in [6.45, 7) is 1.59. The van der Waals surface area contributed by atoms with E-state index < -0.39 is 0 Å². The maximum atomic E-state index is 11.9. The summed E-state index contributed by atoms with van der Waals surface area (Å²) >= 11 is 0. The highest BCUT2D eigenvalue weighted by molar-refractivity contribution is 5.85. The molecule has 4 nitrogen and oxygen atoms in total. The predicted octanol–water partition coefficient (Wildman–Crippen LogP) is 1.22. The summed E-state index contributed by atoms with van der Waals surface area (Å²) in [4.78, 5) is 11.9. The van der Waals surface area contributed by atoms with Gasteiger partial charge >= 0.3 is 0 Å². The van der Waals surface area contributed by atoms with E-state index in [4.69, 9.17) is 0 Å². The second-order valence-electron chi connectivity index (χ2n) is 5.36. The van der Waals surface area contributed by atoms with Gasteiger partial charge in [-0.15, -0.1) is 12.4 Å². The fourth-order valence-corrected chi connectivity index (χ4v) is 2.86. The minimum Gasteiger partial charge on any atom is -0.393 e. The van der Waals surface area contributed by atoms with Gasteiger partial charge in [0.2, 0.25) is 5.91 Å². The van der Waals surface area contributed by atoms with E-state index in [2.05, 4.69) is 10.6 Å².